The van der Waals surface area contributed by atoms with E-state index in [-0.39, 0.29) is 17.1 Å². The zero-order valence-corrected chi connectivity index (χ0v) is 16.5. The molecule has 0 saturated carbocycles. The molecule has 0 bridgehead atoms. The average molecular weight is 406 g/mol. The molecule has 28 heavy (non-hydrogen) atoms. The van der Waals surface area contributed by atoms with Crippen LogP contribution in [0.3, 0.4) is 0 Å². The van der Waals surface area contributed by atoms with Crippen LogP contribution in [0.2, 0.25) is 5.02 Å². The zero-order chi connectivity index (χ0) is 20.1. The van der Waals surface area contributed by atoms with Gasteiger partial charge in [-0.2, -0.15) is 0 Å². The molecule has 1 heterocycles. The van der Waals surface area contributed by atoms with E-state index < -0.39 is 11.4 Å². The van der Waals surface area contributed by atoms with Crippen molar-refractivity contribution in [3.05, 3.63) is 64.4 Å². The first kappa shape index (κ1) is 20.8. The Kier molecular flexibility index (Phi) is 6.70. The van der Waals surface area contributed by atoms with E-state index in [0.717, 1.165) is 31.3 Å². The van der Waals surface area contributed by atoms with Crippen molar-refractivity contribution >= 4 is 17.4 Å². The van der Waals surface area contributed by atoms with Gasteiger partial charge < -0.3 is 15.1 Å². The van der Waals surface area contributed by atoms with Crippen LogP contribution in [0.4, 0.5) is 4.39 Å². The van der Waals surface area contributed by atoms with E-state index in [1.807, 2.05) is 24.3 Å². The van der Waals surface area contributed by atoms with Crippen LogP contribution < -0.4 is 0 Å². The third-order valence-corrected chi connectivity index (χ3v) is 5.62. The minimum atomic E-state index is -0.708. The number of rotatable bonds is 7. The average Bonchev–Trinajstić information content (AvgIpc) is 2.65. The Morgan fingerprint density at radius 1 is 1.14 bits per heavy atom. The quantitative estimate of drug-likeness (QED) is 0.677. The van der Waals surface area contributed by atoms with Crippen molar-refractivity contribution in [3.8, 4) is 5.75 Å². The van der Waals surface area contributed by atoms with Crippen molar-refractivity contribution in [1.82, 2.24) is 4.90 Å². The van der Waals surface area contributed by atoms with Gasteiger partial charge in [0.2, 0.25) is 0 Å². The smallest absolute Gasteiger partial charge is 0.166 e. The van der Waals surface area contributed by atoms with Gasteiger partial charge in [-0.3, -0.25) is 4.79 Å². The summed E-state index contributed by atoms with van der Waals surface area (Å²) in [6, 6.07) is 11.0. The molecular weight excluding hydrogens is 381 g/mol. The molecule has 0 radical (unpaired) electrons. The molecule has 2 aromatic rings. The Hall–Kier alpha value is -1.95. The van der Waals surface area contributed by atoms with Crippen molar-refractivity contribution in [2.75, 3.05) is 19.6 Å². The number of phenolic OH excluding ortho intramolecular Hbond substituents is 1. The molecule has 150 valence electrons. The number of ketones is 1. The highest BCUT2D eigenvalue weighted by molar-refractivity contribution is 6.30. The van der Waals surface area contributed by atoms with E-state index in [1.54, 1.807) is 0 Å². The van der Waals surface area contributed by atoms with Gasteiger partial charge >= 0.3 is 0 Å². The number of nitrogens with zero attached hydrogens (tertiary/aromatic N) is 1. The molecule has 3 rings (SSSR count). The number of phenols is 1. The molecule has 1 fully saturated rings. The number of carbonyl (C=O) groups is 1. The van der Waals surface area contributed by atoms with Gasteiger partial charge in [0.25, 0.3) is 0 Å². The van der Waals surface area contributed by atoms with Crippen LogP contribution in [0.5, 0.6) is 5.75 Å². The van der Waals surface area contributed by atoms with Crippen LogP contribution in [0, 0.1) is 5.82 Å². The van der Waals surface area contributed by atoms with Crippen LogP contribution in [0.25, 0.3) is 0 Å². The fourth-order valence-corrected chi connectivity index (χ4v) is 3.82. The number of aromatic hydroxyl groups is 1. The molecule has 1 aliphatic rings. The van der Waals surface area contributed by atoms with Crippen LogP contribution >= 0.6 is 11.6 Å². The van der Waals surface area contributed by atoms with E-state index in [1.165, 1.54) is 12.1 Å². The number of hydrogen-bond donors (Lipinski definition) is 2. The van der Waals surface area contributed by atoms with Gasteiger partial charge in [-0.1, -0.05) is 23.7 Å². The summed E-state index contributed by atoms with van der Waals surface area (Å²) in [5.41, 5.74) is 0.530. The molecule has 1 aliphatic heterocycles. The molecule has 1 saturated heterocycles. The number of hydrogen-bond acceptors (Lipinski definition) is 4. The van der Waals surface area contributed by atoms with Crippen molar-refractivity contribution in [3.63, 3.8) is 0 Å². The van der Waals surface area contributed by atoms with Gasteiger partial charge in [0.15, 0.2) is 5.78 Å². The summed E-state index contributed by atoms with van der Waals surface area (Å²) in [5.74, 6) is -1.06. The van der Waals surface area contributed by atoms with E-state index in [4.69, 9.17) is 11.6 Å². The van der Waals surface area contributed by atoms with Gasteiger partial charge in [0.1, 0.15) is 11.6 Å². The SMILES string of the molecule is O=C(CCCN1CCC(O)(Cc2ccc(Cl)cc2)CC1)c1ccc(F)cc1O. The molecule has 0 aromatic heterocycles. The zero-order valence-electron chi connectivity index (χ0n) is 15.7. The summed E-state index contributed by atoms with van der Waals surface area (Å²) < 4.78 is 13.0. The van der Waals surface area contributed by atoms with Crippen LogP contribution in [0.15, 0.2) is 42.5 Å². The standard InChI is InChI=1S/C22H25ClFNO3/c23-17-5-3-16(4-6-17)15-22(28)9-12-25(13-10-22)11-1-2-20(26)19-8-7-18(24)14-21(19)27/h3-8,14,27-28H,1-2,9-13,15H2. The number of benzene rings is 2. The second-order valence-corrected chi connectivity index (χ2v) is 7.99. The lowest BCUT2D eigenvalue weighted by Gasteiger charge is -2.38. The second kappa shape index (κ2) is 9.03. The lowest BCUT2D eigenvalue weighted by molar-refractivity contribution is -0.0207. The minimum Gasteiger partial charge on any atom is -0.507 e. The maximum absolute atomic E-state index is 13.0. The molecule has 0 atom stereocenters. The van der Waals surface area contributed by atoms with Crippen molar-refractivity contribution in [1.29, 1.82) is 0 Å². The fraction of sp³-hybridized carbons (Fsp3) is 0.409. The highest BCUT2D eigenvalue weighted by Crippen LogP contribution is 2.27. The number of halogens is 2. The monoisotopic (exact) mass is 405 g/mol. The Morgan fingerprint density at radius 2 is 1.82 bits per heavy atom. The molecular formula is C22H25ClFNO3. The highest BCUT2D eigenvalue weighted by atomic mass is 35.5. The fourth-order valence-electron chi connectivity index (χ4n) is 3.69. The summed E-state index contributed by atoms with van der Waals surface area (Å²) >= 11 is 5.91. The number of carbonyl (C=O) groups excluding carboxylic acids is 1. The van der Waals surface area contributed by atoms with E-state index in [0.29, 0.717) is 37.1 Å². The molecule has 2 aromatic carbocycles. The number of aliphatic hydroxyl groups is 1. The maximum atomic E-state index is 13.0. The molecule has 2 N–H and O–H groups in total. The van der Waals surface area contributed by atoms with Gasteiger partial charge in [-0.05, 0) is 55.6 Å². The Labute approximate surface area is 169 Å². The van der Waals surface area contributed by atoms with Crippen LogP contribution in [-0.2, 0) is 6.42 Å². The molecule has 4 nitrogen and oxygen atoms in total. The van der Waals surface area contributed by atoms with Crippen LogP contribution in [0.1, 0.15) is 41.6 Å². The number of likely N-dealkylation sites (tertiary alicyclic amines) is 1. The lowest BCUT2D eigenvalue weighted by Crippen LogP contribution is -2.45. The first-order chi connectivity index (χ1) is 13.3. The molecule has 0 amide bonds. The predicted molar refractivity (Wildman–Crippen MR) is 107 cm³/mol. The first-order valence-corrected chi connectivity index (χ1v) is 9.93. The normalized spacial score (nSPS) is 16.8. The third kappa shape index (κ3) is 5.53. The summed E-state index contributed by atoms with van der Waals surface area (Å²) in [7, 11) is 0. The highest BCUT2D eigenvalue weighted by Gasteiger charge is 2.32. The first-order valence-electron chi connectivity index (χ1n) is 9.56. The van der Waals surface area contributed by atoms with E-state index >= 15 is 0 Å². The Balaban J connectivity index is 1.43. The van der Waals surface area contributed by atoms with Gasteiger partial charge in [-0.15, -0.1) is 0 Å². The third-order valence-electron chi connectivity index (χ3n) is 5.37. The summed E-state index contributed by atoms with van der Waals surface area (Å²) in [4.78, 5) is 14.4. The van der Waals surface area contributed by atoms with E-state index in [9.17, 15) is 19.4 Å². The second-order valence-electron chi connectivity index (χ2n) is 7.56. The van der Waals surface area contributed by atoms with Gasteiger partial charge in [0, 0.05) is 37.0 Å². The van der Waals surface area contributed by atoms with Gasteiger partial charge in [0.05, 0.1) is 11.2 Å². The molecule has 0 spiro atoms. The number of piperidine rings is 1. The predicted octanol–water partition coefficient (Wildman–Crippen LogP) is 4.22. The summed E-state index contributed by atoms with van der Waals surface area (Å²) in [6.45, 7) is 2.31. The number of Topliss-reactive ketones (excluding diaryl/α,β-unsaturated/α-hetero) is 1. The summed E-state index contributed by atoms with van der Waals surface area (Å²) in [6.07, 6.45) is 2.93. The van der Waals surface area contributed by atoms with Crippen molar-refractivity contribution in [2.24, 2.45) is 0 Å². The van der Waals surface area contributed by atoms with E-state index in [2.05, 4.69) is 4.90 Å². The molecule has 0 unspecified atom stereocenters. The van der Waals surface area contributed by atoms with Crippen molar-refractivity contribution in [2.45, 2.75) is 37.7 Å². The Bertz CT molecular complexity index is 817. The van der Waals surface area contributed by atoms with Gasteiger partial charge in [-0.25, -0.2) is 4.39 Å². The topological polar surface area (TPSA) is 60.8 Å². The van der Waals surface area contributed by atoms with Crippen LogP contribution in [-0.4, -0.2) is 46.1 Å². The minimum absolute atomic E-state index is 0.164. The maximum Gasteiger partial charge on any atom is 0.166 e. The van der Waals surface area contributed by atoms with Crippen molar-refractivity contribution < 1.29 is 19.4 Å². The molecule has 0 aliphatic carbocycles. The lowest BCUT2D eigenvalue weighted by atomic mass is 9.85. The summed E-state index contributed by atoms with van der Waals surface area (Å²) in [5, 5.41) is 21.2. The molecule has 6 heteroatoms. The Morgan fingerprint density at radius 3 is 2.46 bits per heavy atom. The largest absolute Gasteiger partial charge is 0.507 e.